The van der Waals surface area contributed by atoms with Gasteiger partial charge in [0.2, 0.25) is 5.28 Å². The van der Waals surface area contributed by atoms with Gasteiger partial charge in [0.25, 0.3) is 0 Å². The van der Waals surface area contributed by atoms with E-state index >= 15 is 0 Å². The lowest BCUT2D eigenvalue weighted by atomic mass is 10.1. The summed E-state index contributed by atoms with van der Waals surface area (Å²) in [5.74, 6) is 0. The average molecular weight is 475 g/mol. The lowest BCUT2D eigenvalue weighted by Crippen LogP contribution is -2.45. The normalized spacial score (nSPS) is 15.2. The second kappa shape index (κ2) is 10.7. The summed E-state index contributed by atoms with van der Waals surface area (Å²) in [6, 6.07) is 20.8. The number of likely N-dealkylation sites (N-methyl/N-ethyl adjacent to an activating group) is 1. The summed E-state index contributed by atoms with van der Waals surface area (Å²) in [5, 5.41) is 4.83. The molecule has 176 valence electrons. The Morgan fingerprint density at radius 1 is 0.912 bits per heavy atom. The molecular formula is C27H31ClN6. The van der Waals surface area contributed by atoms with Gasteiger partial charge in [0.05, 0.1) is 5.69 Å². The number of rotatable bonds is 8. The van der Waals surface area contributed by atoms with Gasteiger partial charge >= 0.3 is 0 Å². The zero-order valence-corrected chi connectivity index (χ0v) is 20.4. The maximum atomic E-state index is 6.31. The van der Waals surface area contributed by atoms with Crippen LogP contribution < -0.4 is 5.32 Å². The summed E-state index contributed by atoms with van der Waals surface area (Å²) in [7, 11) is 2.20. The maximum Gasteiger partial charge on any atom is 0.224 e. The zero-order chi connectivity index (χ0) is 23.3. The number of piperazine rings is 1. The highest BCUT2D eigenvalue weighted by Gasteiger charge is 2.14. The molecule has 0 amide bonds. The third kappa shape index (κ3) is 5.31. The average Bonchev–Trinajstić information content (AvgIpc) is 3.29. The Hall–Kier alpha value is -2.77. The van der Waals surface area contributed by atoms with Crippen molar-refractivity contribution in [2.24, 2.45) is 0 Å². The first-order valence-corrected chi connectivity index (χ1v) is 12.4. The van der Waals surface area contributed by atoms with Crippen LogP contribution in [0, 0.1) is 0 Å². The van der Waals surface area contributed by atoms with Crippen molar-refractivity contribution in [1.82, 2.24) is 29.7 Å². The van der Waals surface area contributed by atoms with E-state index < -0.39 is 0 Å². The van der Waals surface area contributed by atoms with Gasteiger partial charge in [0, 0.05) is 55.6 Å². The van der Waals surface area contributed by atoms with Crippen LogP contribution in [0.5, 0.6) is 0 Å². The molecule has 1 N–H and O–H groups in total. The molecule has 34 heavy (non-hydrogen) atoms. The standard InChI is InChI=1S/C27H31ClN6/c1-32-16-18-33(19-17-32)14-5-13-29-20-21-8-10-23(11-9-21)34-15-12-24-25(22-6-3-2-4-7-22)30-27(28)31-26(24)34/h2-4,6-12,15,29H,5,13-14,16-20H2,1H3. The van der Waals surface area contributed by atoms with Gasteiger partial charge in [0.1, 0.15) is 5.65 Å². The van der Waals surface area contributed by atoms with Crippen molar-refractivity contribution in [2.45, 2.75) is 13.0 Å². The lowest BCUT2D eigenvalue weighted by Gasteiger charge is -2.32. The predicted octanol–water partition coefficient (Wildman–Crippen LogP) is 4.47. The Morgan fingerprint density at radius 2 is 1.68 bits per heavy atom. The van der Waals surface area contributed by atoms with E-state index in [2.05, 4.69) is 67.0 Å². The minimum absolute atomic E-state index is 0.253. The quantitative estimate of drug-likeness (QED) is 0.301. The van der Waals surface area contributed by atoms with Crippen LogP contribution >= 0.6 is 11.6 Å². The number of nitrogens with one attached hydrogen (secondary N) is 1. The fraction of sp³-hybridized carbons (Fsp3) is 0.333. The van der Waals surface area contributed by atoms with Crippen LogP contribution in [-0.2, 0) is 6.54 Å². The van der Waals surface area contributed by atoms with E-state index in [9.17, 15) is 0 Å². The number of hydrogen-bond acceptors (Lipinski definition) is 5. The molecule has 0 atom stereocenters. The van der Waals surface area contributed by atoms with Crippen molar-refractivity contribution >= 4 is 22.6 Å². The number of halogens is 1. The van der Waals surface area contributed by atoms with Crippen LogP contribution in [0.3, 0.4) is 0 Å². The fourth-order valence-electron chi connectivity index (χ4n) is 4.52. The van der Waals surface area contributed by atoms with E-state index in [1.165, 1.54) is 44.7 Å². The molecule has 4 aromatic rings. The summed E-state index contributed by atoms with van der Waals surface area (Å²) in [6.07, 6.45) is 3.22. The molecule has 2 aromatic carbocycles. The number of nitrogens with zero attached hydrogens (tertiary/aromatic N) is 5. The molecule has 0 bridgehead atoms. The van der Waals surface area contributed by atoms with E-state index in [1.54, 1.807) is 0 Å². The van der Waals surface area contributed by atoms with Gasteiger partial charge < -0.3 is 19.7 Å². The summed E-state index contributed by atoms with van der Waals surface area (Å²) in [4.78, 5) is 14.0. The molecule has 1 aliphatic rings. The van der Waals surface area contributed by atoms with Crippen LogP contribution in [0.1, 0.15) is 12.0 Å². The van der Waals surface area contributed by atoms with Crippen LogP contribution in [-0.4, -0.2) is 70.7 Å². The van der Waals surface area contributed by atoms with Gasteiger partial charge in [-0.05, 0) is 61.9 Å². The molecule has 0 saturated carbocycles. The van der Waals surface area contributed by atoms with Gasteiger partial charge in [-0.3, -0.25) is 0 Å². The summed E-state index contributed by atoms with van der Waals surface area (Å²) in [5.41, 5.74) is 5.03. The number of benzene rings is 2. The van der Waals surface area contributed by atoms with E-state index in [0.717, 1.165) is 41.1 Å². The highest BCUT2D eigenvalue weighted by molar-refractivity contribution is 6.28. The highest BCUT2D eigenvalue weighted by Crippen LogP contribution is 2.29. The van der Waals surface area contributed by atoms with Crippen LogP contribution in [0.25, 0.3) is 28.0 Å². The Morgan fingerprint density at radius 3 is 2.44 bits per heavy atom. The van der Waals surface area contributed by atoms with Crippen molar-refractivity contribution in [3.8, 4) is 16.9 Å². The SMILES string of the molecule is CN1CCN(CCCNCc2ccc(-n3ccc4c(-c5ccccc5)nc(Cl)nc43)cc2)CC1. The molecular weight excluding hydrogens is 444 g/mol. The van der Waals surface area contributed by atoms with Crippen molar-refractivity contribution < 1.29 is 0 Å². The molecule has 1 aliphatic heterocycles. The molecule has 0 aliphatic carbocycles. The number of aromatic nitrogens is 3. The molecule has 0 unspecified atom stereocenters. The number of hydrogen-bond donors (Lipinski definition) is 1. The molecule has 5 rings (SSSR count). The number of fused-ring (bicyclic) bond motifs is 1. The van der Waals surface area contributed by atoms with Crippen molar-refractivity contribution in [3.63, 3.8) is 0 Å². The van der Waals surface area contributed by atoms with E-state index in [4.69, 9.17) is 11.6 Å². The van der Waals surface area contributed by atoms with Crippen LogP contribution in [0.4, 0.5) is 0 Å². The Balaban J connectivity index is 1.21. The van der Waals surface area contributed by atoms with Crippen molar-refractivity contribution in [2.75, 3.05) is 46.3 Å². The topological polar surface area (TPSA) is 49.2 Å². The van der Waals surface area contributed by atoms with Gasteiger partial charge in [-0.2, -0.15) is 4.98 Å². The van der Waals surface area contributed by atoms with Gasteiger partial charge in [-0.15, -0.1) is 0 Å². The third-order valence-electron chi connectivity index (χ3n) is 6.53. The molecule has 2 aromatic heterocycles. The second-order valence-electron chi connectivity index (χ2n) is 8.97. The Kier molecular flexibility index (Phi) is 7.21. The third-order valence-corrected chi connectivity index (χ3v) is 6.70. The maximum absolute atomic E-state index is 6.31. The van der Waals surface area contributed by atoms with Gasteiger partial charge in [-0.1, -0.05) is 42.5 Å². The molecule has 1 fully saturated rings. The summed E-state index contributed by atoms with van der Waals surface area (Å²) in [6.45, 7) is 7.83. The highest BCUT2D eigenvalue weighted by atomic mass is 35.5. The molecule has 3 heterocycles. The lowest BCUT2D eigenvalue weighted by molar-refractivity contribution is 0.153. The second-order valence-corrected chi connectivity index (χ2v) is 9.31. The Bertz CT molecular complexity index is 1210. The molecule has 0 radical (unpaired) electrons. The predicted molar refractivity (Wildman–Crippen MR) is 140 cm³/mol. The zero-order valence-electron chi connectivity index (χ0n) is 19.6. The minimum Gasteiger partial charge on any atom is -0.313 e. The largest absolute Gasteiger partial charge is 0.313 e. The van der Waals surface area contributed by atoms with E-state index in [-0.39, 0.29) is 5.28 Å². The first-order chi connectivity index (χ1) is 16.7. The van der Waals surface area contributed by atoms with E-state index in [1.807, 2.05) is 36.5 Å². The fourth-order valence-corrected chi connectivity index (χ4v) is 4.68. The smallest absolute Gasteiger partial charge is 0.224 e. The molecule has 6 nitrogen and oxygen atoms in total. The minimum atomic E-state index is 0.253. The van der Waals surface area contributed by atoms with Crippen molar-refractivity contribution in [1.29, 1.82) is 0 Å². The van der Waals surface area contributed by atoms with E-state index in [0.29, 0.717) is 0 Å². The van der Waals surface area contributed by atoms with Crippen molar-refractivity contribution in [3.05, 3.63) is 77.7 Å². The summed E-state index contributed by atoms with van der Waals surface area (Å²) >= 11 is 6.31. The molecule has 7 heteroatoms. The molecule has 1 saturated heterocycles. The van der Waals surface area contributed by atoms with Gasteiger partial charge in [-0.25, -0.2) is 4.98 Å². The monoisotopic (exact) mass is 474 g/mol. The van der Waals surface area contributed by atoms with Crippen LogP contribution in [0.2, 0.25) is 5.28 Å². The first kappa shape index (κ1) is 23.0. The van der Waals surface area contributed by atoms with Gasteiger partial charge in [0.15, 0.2) is 0 Å². The summed E-state index contributed by atoms with van der Waals surface area (Å²) < 4.78 is 2.07. The first-order valence-electron chi connectivity index (χ1n) is 12.0. The molecule has 0 spiro atoms. The van der Waals surface area contributed by atoms with Crippen LogP contribution in [0.15, 0.2) is 66.9 Å². The Labute approximate surface area is 206 Å².